The van der Waals surface area contributed by atoms with Gasteiger partial charge in [-0.3, -0.25) is 4.79 Å². The third-order valence-electron chi connectivity index (χ3n) is 6.52. The van der Waals surface area contributed by atoms with Crippen LogP contribution in [0.25, 0.3) is 11.1 Å². The van der Waals surface area contributed by atoms with Crippen LogP contribution in [0.15, 0.2) is 95.9 Å². The van der Waals surface area contributed by atoms with Crippen molar-refractivity contribution in [2.24, 2.45) is 0 Å². The lowest BCUT2D eigenvalue weighted by Gasteiger charge is -2.13. The fourth-order valence-electron chi connectivity index (χ4n) is 4.66. The predicted molar refractivity (Wildman–Crippen MR) is 139 cm³/mol. The van der Waals surface area contributed by atoms with Crippen molar-refractivity contribution in [2.45, 2.75) is 30.0 Å². The van der Waals surface area contributed by atoms with Gasteiger partial charge in [0.05, 0.1) is 10.5 Å². The number of fused-ring (bicyclic) bond motifs is 1. The van der Waals surface area contributed by atoms with E-state index in [9.17, 15) is 30.8 Å². The highest BCUT2D eigenvalue weighted by Gasteiger charge is 2.30. The molecule has 2 N–H and O–H groups in total. The molecular weight excluding hydrogens is 532 g/mol. The first-order valence-corrected chi connectivity index (χ1v) is 13.5. The topological polar surface area (TPSA) is 75.3 Å². The third-order valence-corrected chi connectivity index (χ3v) is 8.06. The largest absolute Gasteiger partial charge is 0.416 e. The van der Waals surface area contributed by atoms with E-state index >= 15 is 0 Å². The zero-order chi connectivity index (χ0) is 27.8. The van der Waals surface area contributed by atoms with Crippen molar-refractivity contribution in [3.05, 3.63) is 119 Å². The SMILES string of the molecule is O=C(Nc1ccc2c(c1)CC(NS(=O)(=O)c1ccccc1)C2)c1ccc(F)cc1-c1ccc(C(F)(F)F)cc1. The molecule has 200 valence electrons. The molecule has 1 amide bonds. The van der Waals surface area contributed by atoms with Crippen molar-refractivity contribution in [3.8, 4) is 11.1 Å². The number of carbonyl (C=O) groups is 1. The molecular formula is C29H22F4N2O3S. The summed E-state index contributed by atoms with van der Waals surface area (Å²) in [6, 6.07) is 20.6. The number of anilines is 1. The number of carbonyl (C=O) groups excluding carboxylic acids is 1. The summed E-state index contributed by atoms with van der Waals surface area (Å²) in [5.74, 6) is -1.20. The normalized spacial score (nSPS) is 15.1. The molecule has 0 saturated carbocycles. The van der Waals surface area contributed by atoms with Crippen LogP contribution in [-0.4, -0.2) is 20.4 Å². The first-order chi connectivity index (χ1) is 18.5. The molecule has 0 radical (unpaired) electrons. The van der Waals surface area contributed by atoms with Gasteiger partial charge in [0, 0.05) is 17.3 Å². The van der Waals surface area contributed by atoms with Crippen molar-refractivity contribution in [3.63, 3.8) is 0 Å². The van der Waals surface area contributed by atoms with Crippen molar-refractivity contribution in [1.82, 2.24) is 4.72 Å². The second-order valence-electron chi connectivity index (χ2n) is 9.24. The molecule has 0 spiro atoms. The van der Waals surface area contributed by atoms with Gasteiger partial charge in [0.2, 0.25) is 10.0 Å². The highest BCUT2D eigenvalue weighted by Crippen LogP contribution is 2.33. The first-order valence-electron chi connectivity index (χ1n) is 12.0. The number of halogens is 4. The van der Waals surface area contributed by atoms with Gasteiger partial charge in [0.15, 0.2) is 0 Å². The molecule has 1 atom stereocenters. The molecule has 39 heavy (non-hydrogen) atoms. The molecule has 4 aromatic rings. The molecule has 0 aliphatic heterocycles. The van der Waals surface area contributed by atoms with Gasteiger partial charge < -0.3 is 5.32 Å². The Balaban J connectivity index is 1.33. The van der Waals surface area contributed by atoms with Crippen molar-refractivity contribution >= 4 is 21.6 Å². The van der Waals surface area contributed by atoms with E-state index in [-0.39, 0.29) is 27.6 Å². The molecule has 0 heterocycles. The van der Waals surface area contributed by atoms with E-state index in [2.05, 4.69) is 10.0 Å². The van der Waals surface area contributed by atoms with Gasteiger partial charge >= 0.3 is 6.18 Å². The Morgan fingerprint density at radius 3 is 2.21 bits per heavy atom. The summed E-state index contributed by atoms with van der Waals surface area (Å²) in [6.45, 7) is 0. The number of rotatable bonds is 6. The van der Waals surface area contributed by atoms with Gasteiger partial charge in [0.25, 0.3) is 5.91 Å². The number of benzene rings is 4. The Bertz CT molecular complexity index is 1640. The second-order valence-corrected chi connectivity index (χ2v) is 11.0. The number of hydrogen-bond acceptors (Lipinski definition) is 3. The maximum atomic E-state index is 14.0. The number of nitrogens with one attached hydrogen (secondary N) is 2. The lowest BCUT2D eigenvalue weighted by molar-refractivity contribution is -0.137. The van der Waals surface area contributed by atoms with Crippen LogP contribution in [0.5, 0.6) is 0 Å². The van der Waals surface area contributed by atoms with Crippen LogP contribution in [0.3, 0.4) is 0 Å². The van der Waals surface area contributed by atoms with E-state index in [1.165, 1.54) is 30.3 Å². The van der Waals surface area contributed by atoms with E-state index in [0.29, 0.717) is 18.5 Å². The summed E-state index contributed by atoms with van der Waals surface area (Å²) in [7, 11) is -3.68. The van der Waals surface area contributed by atoms with E-state index in [1.807, 2.05) is 6.07 Å². The molecule has 10 heteroatoms. The molecule has 5 rings (SSSR count). The van der Waals surface area contributed by atoms with Crippen molar-refractivity contribution < 1.29 is 30.8 Å². The van der Waals surface area contributed by atoms with Gasteiger partial charge in [-0.1, -0.05) is 36.4 Å². The number of amides is 1. The zero-order valence-electron chi connectivity index (χ0n) is 20.3. The molecule has 4 aromatic carbocycles. The Hall–Kier alpha value is -4.02. The fourth-order valence-corrected chi connectivity index (χ4v) is 5.91. The molecule has 0 saturated heterocycles. The molecule has 1 aliphatic carbocycles. The minimum absolute atomic E-state index is 0.0881. The molecule has 1 unspecified atom stereocenters. The van der Waals surface area contributed by atoms with Crippen molar-refractivity contribution in [2.75, 3.05) is 5.32 Å². The van der Waals surface area contributed by atoms with Crippen molar-refractivity contribution in [1.29, 1.82) is 0 Å². The smallest absolute Gasteiger partial charge is 0.322 e. The third kappa shape index (κ3) is 5.86. The zero-order valence-corrected chi connectivity index (χ0v) is 21.1. The molecule has 0 bridgehead atoms. The van der Waals surface area contributed by atoms with E-state index in [4.69, 9.17) is 0 Å². The average Bonchev–Trinajstić information content (AvgIpc) is 3.29. The van der Waals surface area contributed by atoms with Crippen LogP contribution in [0.4, 0.5) is 23.2 Å². The quantitative estimate of drug-likeness (QED) is 0.279. The first kappa shape index (κ1) is 26.6. The molecule has 1 aliphatic rings. The van der Waals surface area contributed by atoms with Gasteiger partial charge in [-0.05, 0) is 89.7 Å². The lowest BCUT2D eigenvalue weighted by atomic mass is 9.97. The fraction of sp³-hybridized carbons (Fsp3) is 0.138. The van der Waals surface area contributed by atoms with Crippen LogP contribution < -0.4 is 10.0 Å². The van der Waals surface area contributed by atoms with Gasteiger partial charge in [0.1, 0.15) is 5.82 Å². The number of hydrogen-bond donors (Lipinski definition) is 2. The van der Waals surface area contributed by atoms with Crippen LogP contribution >= 0.6 is 0 Å². The minimum atomic E-state index is -4.52. The summed E-state index contributed by atoms with van der Waals surface area (Å²) >= 11 is 0. The maximum Gasteiger partial charge on any atom is 0.416 e. The summed E-state index contributed by atoms with van der Waals surface area (Å²) in [4.78, 5) is 13.3. The Morgan fingerprint density at radius 2 is 1.51 bits per heavy atom. The maximum absolute atomic E-state index is 14.0. The van der Waals surface area contributed by atoms with Crippen LogP contribution in [0.1, 0.15) is 27.0 Å². The number of alkyl halides is 3. The second kappa shape index (κ2) is 10.3. The standard InChI is InChI=1S/C29H22F4N2O3S/c30-22-11-13-26(27(17-22)18-6-9-21(10-7-18)29(31,32)33)28(36)34-23-12-8-19-14-24(16-20(19)15-23)35-39(37,38)25-4-2-1-3-5-25/h1-13,15,17,24,35H,14,16H2,(H,34,36). The highest BCUT2D eigenvalue weighted by atomic mass is 32.2. The van der Waals surface area contributed by atoms with Gasteiger partial charge in [-0.15, -0.1) is 0 Å². The van der Waals surface area contributed by atoms with Gasteiger partial charge in [-0.2, -0.15) is 13.2 Å². The van der Waals surface area contributed by atoms with Crippen LogP contribution in [-0.2, 0) is 29.0 Å². The summed E-state index contributed by atoms with van der Waals surface area (Å²) < 4.78 is 81.0. The summed E-state index contributed by atoms with van der Waals surface area (Å²) in [5, 5.41) is 2.76. The molecule has 0 fully saturated rings. The number of sulfonamides is 1. The van der Waals surface area contributed by atoms with E-state index in [1.54, 1.807) is 30.3 Å². The Kier molecular flexibility index (Phi) is 7.00. The molecule has 0 aromatic heterocycles. The monoisotopic (exact) mass is 554 g/mol. The lowest BCUT2D eigenvalue weighted by Crippen LogP contribution is -2.35. The Labute approximate surface area is 222 Å². The van der Waals surface area contributed by atoms with Crippen LogP contribution in [0, 0.1) is 5.82 Å². The predicted octanol–water partition coefficient (Wildman–Crippen LogP) is 6.21. The van der Waals surface area contributed by atoms with Gasteiger partial charge in [-0.25, -0.2) is 17.5 Å². The Morgan fingerprint density at radius 1 is 0.821 bits per heavy atom. The average molecular weight is 555 g/mol. The van der Waals surface area contributed by atoms with E-state index < -0.39 is 33.5 Å². The minimum Gasteiger partial charge on any atom is -0.322 e. The summed E-state index contributed by atoms with van der Waals surface area (Å²) in [6.07, 6.45) is -3.60. The highest BCUT2D eigenvalue weighted by molar-refractivity contribution is 7.89. The van der Waals surface area contributed by atoms with Crippen LogP contribution in [0.2, 0.25) is 0 Å². The summed E-state index contributed by atoms with van der Waals surface area (Å²) in [5.41, 5.74) is 1.92. The molecule has 5 nitrogen and oxygen atoms in total. The van der Waals surface area contributed by atoms with E-state index in [0.717, 1.165) is 35.4 Å².